The molecule has 4 rings (SSSR count). The van der Waals surface area contributed by atoms with Gasteiger partial charge in [-0.2, -0.15) is 5.10 Å². The summed E-state index contributed by atoms with van der Waals surface area (Å²) < 4.78 is 27.9. The normalized spacial score (nSPS) is 10.8. The molecule has 0 unspecified atom stereocenters. The number of benzene rings is 2. The van der Waals surface area contributed by atoms with Crippen molar-refractivity contribution in [1.29, 1.82) is 0 Å². The highest BCUT2D eigenvalue weighted by atomic mass is 79.9. The van der Waals surface area contributed by atoms with Crippen LogP contribution in [-0.4, -0.2) is 27.0 Å². The number of halogens is 3. The fourth-order valence-electron chi connectivity index (χ4n) is 3.15. The highest BCUT2D eigenvalue weighted by Crippen LogP contribution is 2.37. The third-order valence-electron chi connectivity index (χ3n) is 4.80. The third kappa shape index (κ3) is 5.18. The van der Waals surface area contributed by atoms with Crippen molar-refractivity contribution in [3.63, 3.8) is 0 Å². The van der Waals surface area contributed by atoms with Crippen LogP contribution in [0.2, 0.25) is 5.02 Å². The summed E-state index contributed by atoms with van der Waals surface area (Å²) >= 11 is 15.1. The van der Waals surface area contributed by atoms with E-state index in [1.54, 1.807) is 36.3 Å². The van der Waals surface area contributed by atoms with Crippen LogP contribution in [0.5, 0.6) is 11.5 Å². The minimum Gasteiger partial charge on any atom is -0.493 e. The summed E-state index contributed by atoms with van der Waals surface area (Å²) in [4.78, 5) is 4.04. The van der Waals surface area contributed by atoms with Crippen LogP contribution in [0.3, 0.4) is 0 Å². The average Bonchev–Trinajstić information content (AvgIpc) is 3.18. The molecule has 2 heterocycles. The monoisotopic (exact) mass is 549 g/mol. The molecule has 0 aliphatic carbocycles. The molecule has 2 N–H and O–H groups in total. The van der Waals surface area contributed by atoms with Gasteiger partial charge in [0.25, 0.3) is 0 Å². The first kappa shape index (κ1) is 23.2. The topological polar surface area (TPSA) is 77.0 Å². The Bertz CT molecular complexity index is 1330. The minimum absolute atomic E-state index is 0.131. The lowest BCUT2D eigenvalue weighted by molar-refractivity contribution is 0.281. The zero-order valence-electron chi connectivity index (χ0n) is 17.3. The highest BCUT2D eigenvalue weighted by Gasteiger charge is 2.17. The molecule has 11 heteroatoms. The molecule has 33 heavy (non-hydrogen) atoms. The number of hydrogen-bond donors (Lipinski definition) is 2. The molecule has 0 saturated carbocycles. The number of nitrogens with one attached hydrogen (secondary N) is 2. The van der Waals surface area contributed by atoms with Crippen molar-refractivity contribution in [3.8, 4) is 22.9 Å². The zero-order valence-corrected chi connectivity index (χ0v) is 20.5. The molecule has 0 fully saturated rings. The number of aromatic nitrogens is 4. The number of methoxy groups -OCH3 is 1. The Morgan fingerprint density at radius 1 is 1.21 bits per heavy atom. The molecule has 7 nitrogen and oxygen atoms in total. The summed E-state index contributed by atoms with van der Waals surface area (Å²) in [5, 5.41) is 7.40. The Hall–Kier alpha value is -2.95. The van der Waals surface area contributed by atoms with Gasteiger partial charge in [-0.25, -0.2) is 14.2 Å². The molecule has 170 valence electrons. The van der Waals surface area contributed by atoms with Crippen LogP contribution < -0.4 is 14.9 Å². The summed E-state index contributed by atoms with van der Waals surface area (Å²) in [7, 11) is 1.56. The van der Waals surface area contributed by atoms with Crippen molar-refractivity contribution in [2.45, 2.75) is 13.2 Å². The van der Waals surface area contributed by atoms with E-state index in [1.165, 1.54) is 12.1 Å². The first-order valence-corrected chi connectivity index (χ1v) is 11.3. The third-order valence-corrected chi connectivity index (χ3v) is 6.17. The molecule has 0 atom stereocenters. The summed E-state index contributed by atoms with van der Waals surface area (Å²) in [6, 6.07) is 11.5. The molecule has 0 radical (unpaired) electrons. The van der Waals surface area contributed by atoms with Gasteiger partial charge in [0.2, 0.25) is 4.77 Å². The van der Waals surface area contributed by atoms with Gasteiger partial charge in [-0.15, -0.1) is 0 Å². The van der Waals surface area contributed by atoms with Gasteiger partial charge in [0.15, 0.2) is 17.3 Å². The standard InChI is InChI=1S/C22H18BrClFN5O2S/c1-31-19-5-4-17(23)16(20(19)32-12-14-2-3-15(25)10-18(14)24)11-27-30-21(28-29-22(30)33)13-6-8-26-9-7-13/h2-10,27H,11-12H2,1H3,(H,29,33). The molecule has 0 aliphatic rings. The number of ether oxygens (including phenoxy) is 2. The number of hydrogen-bond acceptors (Lipinski definition) is 6. The van der Waals surface area contributed by atoms with Crippen LogP contribution in [0, 0.1) is 10.6 Å². The van der Waals surface area contributed by atoms with Crippen LogP contribution in [-0.2, 0) is 13.2 Å². The van der Waals surface area contributed by atoms with E-state index >= 15 is 0 Å². The van der Waals surface area contributed by atoms with Crippen molar-refractivity contribution in [2.75, 3.05) is 12.5 Å². The minimum atomic E-state index is -0.407. The lowest BCUT2D eigenvalue weighted by Crippen LogP contribution is -2.17. The molecule has 0 spiro atoms. The van der Waals surface area contributed by atoms with Gasteiger partial charge < -0.3 is 14.9 Å². The van der Waals surface area contributed by atoms with Crippen molar-refractivity contribution in [1.82, 2.24) is 19.9 Å². The Morgan fingerprint density at radius 3 is 2.73 bits per heavy atom. The summed E-state index contributed by atoms with van der Waals surface area (Å²) in [5.74, 6) is 1.26. The van der Waals surface area contributed by atoms with Gasteiger partial charge in [-0.1, -0.05) is 33.6 Å². The van der Waals surface area contributed by atoms with Crippen molar-refractivity contribution in [2.24, 2.45) is 0 Å². The second-order valence-corrected chi connectivity index (χ2v) is 8.49. The molecule has 0 aliphatic heterocycles. The predicted molar refractivity (Wildman–Crippen MR) is 130 cm³/mol. The van der Waals surface area contributed by atoms with E-state index in [2.05, 4.69) is 36.5 Å². The molecule has 0 saturated heterocycles. The maximum atomic E-state index is 13.4. The van der Waals surface area contributed by atoms with Gasteiger partial charge in [0.05, 0.1) is 18.7 Å². The highest BCUT2D eigenvalue weighted by molar-refractivity contribution is 9.10. The van der Waals surface area contributed by atoms with E-state index in [9.17, 15) is 4.39 Å². The molecule has 0 bridgehead atoms. The number of pyridine rings is 1. The molecule has 0 amide bonds. The van der Waals surface area contributed by atoms with Gasteiger partial charge >= 0.3 is 0 Å². The molecule has 2 aromatic heterocycles. The van der Waals surface area contributed by atoms with Gasteiger partial charge in [0.1, 0.15) is 12.4 Å². The second-order valence-electron chi connectivity index (χ2n) is 6.84. The van der Waals surface area contributed by atoms with Gasteiger partial charge in [-0.05, 0) is 48.6 Å². The van der Waals surface area contributed by atoms with E-state index in [1.807, 2.05) is 18.2 Å². The number of nitrogens with zero attached hydrogens (tertiary/aromatic N) is 3. The van der Waals surface area contributed by atoms with Crippen LogP contribution in [0.1, 0.15) is 11.1 Å². The lowest BCUT2D eigenvalue weighted by atomic mass is 10.1. The zero-order chi connectivity index (χ0) is 23.4. The van der Waals surface area contributed by atoms with Gasteiger partial charge in [0, 0.05) is 33.6 Å². The number of rotatable bonds is 8. The smallest absolute Gasteiger partial charge is 0.214 e. The Kier molecular flexibility index (Phi) is 7.26. The second kappa shape index (κ2) is 10.3. The first-order chi connectivity index (χ1) is 16.0. The Labute approximate surface area is 207 Å². The fraction of sp³-hybridized carbons (Fsp3) is 0.136. The van der Waals surface area contributed by atoms with Gasteiger partial charge in [-0.3, -0.25) is 4.98 Å². The quantitative estimate of drug-likeness (QED) is 0.267. The fourth-order valence-corrected chi connectivity index (χ4v) is 4.02. The van der Waals surface area contributed by atoms with Crippen LogP contribution >= 0.6 is 39.7 Å². The maximum Gasteiger partial charge on any atom is 0.214 e. The van der Waals surface area contributed by atoms with Crippen LogP contribution in [0.4, 0.5) is 4.39 Å². The van der Waals surface area contributed by atoms with Crippen molar-refractivity contribution in [3.05, 3.63) is 86.1 Å². The van der Waals surface area contributed by atoms with E-state index < -0.39 is 5.82 Å². The maximum absolute atomic E-state index is 13.4. The van der Waals surface area contributed by atoms with Crippen molar-refractivity contribution < 1.29 is 13.9 Å². The largest absolute Gasteiger partial charge is 0.493 e. The molecule has 2 aromatic carbocycles. The van der Waals surface area contributed by atoms with E-state index in [-0.39, 0.29) is 11.6 Å². The summed E-state index contributed by atoms with van der Waals surface area (Å²) in [6.45, 7) is 0.461. The van der Waals surface area contributed by atoms with E-state index in [0.29, 0.717) is 34.2 Å². The summed E-state index contributed by atoms with van der Waals surface area (Å²) in [5.41, 5.74) is 5.56. The first-order valence-electron chi connectivity index (χ1n) is 9.71. The molecular weight excluding hydrogens is 533 g/mol. The Morgan fingerprint density at radius 2 is 2.00 bits per heavy atom. The van der Waals surface area contributed by atoms with E-state index in [0.717, 1.165) is 15.6 Å². The van der Waals surface area contributed by atoms with E-state index in [4.69, 9.17) is 33.3 Å². The molecular formula is C22H18BrClFN5O2S. The number of aromatic amines is 1. The van der Waals surface area contributed by atoms with Crippen molar-refractivity contribution >= 4 is 39.7 Å². The number of H-pyrrole nitrogens is 1. The molecule has 4 aromatic rings. The lowest BCUT2D eigenvalue weighted by Gasteiger charge is -2.18. The predicted octanol–water partition coefficient (Wildman–Crippen LogP) is 5.89. The Balaban J connectivity index is 1.62. The van der Waals surface area contributed by atoms with Crippen LogP contribution in [0.15, 0.2) is 59.3 Å². The summed E-state index contributed by atoms with van der Waals surface area (Å²) in [6.07, 6.45) is 3.37. The average molecular weight is 551 g/mol. The SMILES string of the molecule is COc1ccc(Br)c(CNn2c(-c3ccncc3)n[nH]c2=S)c1OCc1ccc(F)cc1Cl. The van der Waals surface area contributed by atoms with Crippen LogP contribution in [0.25, 0.3) is 11.4 Å².